The van der Waals surface area contributed by atoms with Crippen LogP contribution in [-0.4, -0.2) is 18.6 Å². The minimum Gasteiger partial charge on any atom is -0.461 e. The van der Waals surface area contributed by atoms with Crippen LogP contribution in [-0.2, 0) is 16.0 Å². The average Bonchev–Trinajstić information content (AvgIpc) is 2.72. The lowest BCUT2D eigenvalue weighted by Gasteiger charge is -2.35. The second-order valence-corrected chi connectivity index (χ2v) is 8.27. The van der Waals surface area contributed by atoms with Crippen molar-refractivity contribution < 1.29 is 9.53 Å². The van der Waals surface area contributed by atoms with Gasteiger partial charge in [0.25, 0.3) is 0 Å². The van der Waals surface area contributed by atoms with Gasteiger partial charge in [-0.3, -0.25) is 4.79 Å². The Morgan fingerprint density at radius 3 is 2.59 bits per heavy atom. The maximum Gasteiger partial charge on any atom is 0.302 e. The fourth-order valence-electron chi connectivity index (χ4n) is 5.12. The van der Waals surface area contributed by atoms with E-state index in [1.54, 1.807) is 0 Å². The van der Waals surface area contributed by atoms with Gasteiger partial charge in [-0.15, -0.1) is 0 Å². The van der Waals surface area contributed by atoms with Crippen LogP contribution in [0, 0.1) is 0 Å². The fourth-order valence-corrected chi connectivity index (χ4v) is 5.12. The highest BCUT2D eigenvalue weighted by molar-refractivity contribution is 6.23. The highest BCUT2D eigenvalue weighted by atomic mass is 16.5. The van der Waals surface area contributed by atoms with E-state index in [1.165, 1.54) is 50.4 Å². The smallest absolute Gasteiger partial charge is 0.302 e. The molecule has 0 bridgehead atoms. The summed E-state index contributed by atoms with van der Waals surface area (Å²) in [6, 6.07) is 17.9. The number of carbonyl (C=O) groups is 1. The molecule has 4 aromatic rings. The lowest BCUT2D eigenvalue weighted by Crippen LogP contribution is -2.39. The van der Waals surface area contributed by atoms with Crippen LogP contribution in [0.3, 0.4) is 0 Å². The number of rotatable bonds is 5. The van der Waals surface area contributed by atoms with Crippen molar-refractivity contribution in [3.05, 3.63) is 59.7 Å². The van der Waals surface area contributed by atoms with Crippen molar-refractivity contribution in [1.29, 1.82) is 0 Å². The molecule has 2 atom stereocenters. The first-order chi connectivity index (χ1) is 14.2. The summed E-state index contributed by atoms with van der Waals surface area (Å²) in [4.78, 5) is 11.7. The summed E-state index contributed by atoms with van der Waals surface area (Å²) in [5.74, 6) is -0.196. The van der Waals surface area contributed by atoms with E-state index in [2.05, 4.69) is 60.8 Å². The summed E-state index contributed by atoms with van der Waals surface area (Å²) in [5.41, 5.74) is 2.71. The molecule has 0 fully saturated rings. The molecule has 0 amide bonds. The molecular weight excluding hydrogens is 358 g/mol. The van der Waals surface area contributed by atoms with Crippen molar-refractivity contribution in [3.63, 3.8) is 0 Å². The number of unbranched alkanes of at least 4 members (excludes halogenated alkanes) is 1. The maximum absolute atomic E-state index is 11.7. The Kier molecular flexibility index (Phi) is 4.63. The third-order valence-corrected chi connectivity index (χ3v) is 6.39. The number of benzene rings is 4. The highest BCUT2D eigenvalue weighted by Gasteiger charge is 2.33. The van der Waals surface area contributed by atoms with Crippen LogP contribution in [0.15, 0.2) is 48.5 Å². The van der Waals surface area contributed by atoms with Crippen LogP contribution in [0.4, 0.5) is 0 Å². The minimum absolute atomic E-state index is 0.0520. The quantitative estimate of drug-likeness (QED) is 0.264. The number of hydrogen-bond donors (Lipinski definition) is 1. The van der Waals surface area contributed by atoms with Crippen molar-refractivity contribution in [2.45, 2.75) is 51.7 Å². The number of fused-ring (bicyclic) bond motifs is 2. The van der Waals surface area contributed by atoms with Gasteiger partial charge in [0.15, 0.2) is 0 Å². The molecule has 4 aromatic carbocycles. The van der Waals surface area contributed by atoms with Crippen LogP contribution in [0.25, 0.3) is 32.3 Å². The first-order valence-corrected chi connectivity index (χ1v) is 10.8. The average molecular weight is 386 g/mol. The van der Waals surface area contributed by atoms with Crippen LogP contribution in [0.2, 0.25) is 0 Å². The molecule has 0 unspecified atom stereocenters. The SMILES string of the molecule is CCCCN[C@H]1c2cc3ccc4cccc5ccc(c2CC[C@H]1OC(C)=O)c3c45. The van der Waals surface area contributed by atoms with Crippen molar-refractivity contribution >= 4 is 38.3 Å². The summed E-state index contributed by atoms with van der Waals surface area (Å²) in [6.07, 6.45) is 3.96. The fraction of sp³-hybridized carbons (Fsp3) is 0.346. The Labute approximate surface area is 171 Å². The van der Waals surface area contributed by atoms with Crippen LogP contribution >= 0.6 is 0 Å². The number of esters is 1. The van der Waals surface area contributed by atoms with E-state index in [1.807, 2.05) is 0 Å². The molecule has 1 aliphatic carbocycles. The number of ether oxygens (including phenoxy) is 1. The molecule has 1 aliphatic rings. The third kappa shape index (κ3) is 3.05. The van der Waals surface area contributed by atoms with Gasteiger partial charge in [-0.1, -0.05) is 55.8 Å². The Morgan fingerprint density at radius 2 is 1.83 bits per heavy atom. The summed E-state index contributed by atoms with van der Waals surface area (Å²) in [7, 11) is 0. The maximum atomic E-state index is 11.7. The molecule has 29 heavy (non-hydrogen) atoms. The lowest BCUT2D eigenvalue weighted by atomic mass is 9.80. The zero-order valence-electron chi connectivity index (χ0n) is 17.1. The molecule has 5 rings (SSSR count). The monoisotopic (exact) mass is 385 g/mol. The summed E-state index contributed by atoms with van der Waals surface area (Å²) < 4.78 is 5.74. The molecule has 0 aromatic heterocycles. The third-order valence-electron chi connectivity index (χ3n) is 6.39. The number of carbonyl (C=O) groups excluding carboxylic acids is 1. The van der Waals surface area contributed by atoms with Crippen molar-refractivity contribution in [2.75, 3.05) is 6.54 Å². The van der Waals surface area contributed by atoms with Gasteiger partial charge in [0.2, 0.25) is 0 Å². The predicted octanol–water partition coefficient (Wildman–Crippen LogP) is 5.89. The van der Waals surface area contributed by atoms with Gasteiger partial charge in [-0.2, -0.15) is 0 Å². The van der Waals surface area contributed by atoms with Crippen LogP contribution in [0.5, 0.6) is 0 Å². The van der Waals surface area contributed by atoms with Gasteiger partial charge < -0.3 is 10.1 Å². The molecule has 148 valence electrons. The second-order valence-electron chi connectivity index (χ2n) is 8.27. The standard InChI is InChI=1S/C26H27NO2/c1-3-4-14-27-26-22-15-19-9-8-17-6-5-7-18-10-11-21(25(19)24(17)18)20(22)12-13-23(26)29-16(2)28/h5-11,15,23,26-27H,3-4,12-14H2,1-2H3/t23-,26+/m1/s1. The predicted molar refractivity (Wildman–Crippen MR) is 120 cm³/mol. The molecule has 0 aliphatic heterocycles. The van der Waals surface area contributed by atoms with E-state index < -0.39 is 0 Å². The van der Waals surface area contributed by atoms with E-state index in [0.717, 1.165) is 32.2 Å². The van der Waals surface area contributed by atoms with E-state index in [0.29, 0.717) is 0 Å². The minimum atomic E-state index is -0.196. The van der Waals surface area contributed by atoms with Crippen molar-refractivity contribution in [1.82, 2.24) is 5.32 Å². The lowest BCUT2D eigenvalue weighted by molar-refractivity contribution is -0.148. The van der Waals surface area contributed by atoms with Gasteiger partial charge in [0, 0.05) is 6.92 Å². The molecule has 0 radical (unpaired) electrons. The number of hydrogen-bond acceptors (Lipinski definition) is 3. The normalized spacial score (nSPS) is 19.1. The van der Waals surface area contributed by atoms with E-state index in [4.69, 9.17) is 4.74 Å². The van der Waals surface area contributed by atoms with E-state index in [9.17, 15) is 4.79 Å². The van der Waals surface area contributed by atoms with Gasteiger partial charge in [-0.05, 0) is 75.3 Å². The van der Waals surface area contributed by atoms with Gasteiger partial charge in [-0.25, -0.2) is 0 Å². The van der Waals surface area contributed by atoms with Crippen molar-refractivity contribution in [2.24, 2.45) is 0 Å². The number of aryl methyl sites for hydroxylation is 1. The molecule has 0 heterocycles. The Bertz CT molecular complexity index is 1180. The summed E-state index contributed by atoms with van der Waals surface area (Å²) in [5, 5.41) is 11.7. The topological polar surface area (TPSA) is 38.3 Å². The summed E-state index contributed by atoms with van der Waals surface area (Å²) >= 11 is 0. The molecular formula is C26H27NO2. The second kappa shape index (κ2) is 7.31. The highest BCUT2D eigenvalue weighted by Crippen LogP contribution is 2.42. The van der Waals surface area contributed by atoms with Crippen LogP contribution in [0.1, 0.15) is 50.3 Å². The molecule has 0 saturated carbocycles. The first kappa shape index (κ1) is 18.4. The van der Waals surface area contributed by atoms with Crippen molar-refractivity contribution in [3.8, 4) is 0 Å². The Balaban J connectivity index is 1.71. The molecule has 3 nitrogen and oxygen atoms in total. The zero-order valence-corrected chi connectivity index (χ0v) is 17.1. The van der Waals surface area contributed by atoms with E-state index in [-0.39, 0.29) is 18.1 Å². The first-order valence-electron chi connectivity index (χ1n) is 10.8. The van der Waals surface area contributed by atoms with Gasteiger partial charge in [0.05, 0.1) is 6.04 Å². The molecule has 3 heteroatoms. The largest absolute Gasteiger partial charge is 0.461 e. The summed E-state index contributed by atoms with van der Waals surface area (Å²) in [6.45, 7) is 4.65. The zero-order chi connectivity index (χ0) is 20.0. The molecule has 1 N–H and O–H groups in total. The van der Waals surface area contributed by atoms with Crippen LogP contribution < -0.4 is 5.32 Å². The number of nitrogens with one attached hydrogen (secondary N) is 1. The van der Waals surface area contributed by atoms with Gasteiger partial charge >= 0.3 is 5.97 Å². The van der Waals surface area contributed by atoms with E-state index >= 15 is 0 Å². The Morgan fingerprint density at radius 1 is 1.07 bits per heavy atom. The molecule has 0 spiro atoms. The Hall–Kier alpha value is -2.65. The molecule has 0 saturated heterocycles. The van der Waals surface area contributed by atoms with Gasteiger partial charge in [0.1, 0.15) is 6.10 Å².